The van der Waals surface area contributed by atoms with Gasteiger partial charge < -0.3 is 10.1 Å². The molecule has 2 aromatic rings. The standard InChI is InChI=1S/C15H13ClFNO2/c1-2-20-13-9-4-3-8-12(13)18-15(19)14-10(16)6-5-7-11(14)17/h3-9H,2H2,1H3,(H,18,19). The molecule has 2 aromatic carbocycles. The van der Waals surface area contributed by atoms with Crippen molar-refractivity contribution in [3.63, 3.8) is 0 Å². The number of halogens is 2. The van der Waals surface area contributed by atoms with Crippen molar-refractivity contribution in [1.29, 1.82) is 0 Å². The summed E-state index contributed by atoms with van der Waals surface area (Å²) < 4.78 is 19.1. The summed E-state index contributed by atoms with van der Waals surface area (Å²) in [5.74, 6) is -0.750. The topological polar surface area (TPSA) is 38.3 Å². The molecule has 1 amide bonds. The molecule has 0 atom stereocenters. The molecule has 0 heterocycles. The Kier molecular flexibility index (Phi) is 4.58. The number of ether oxygens (including phenoxy) is 1. The van der Waals surface area contributed by atoms with Gasteiger partial charge in [0.05, 0.1) is 22.9 Å². The van der Waals surface area contributed by atoms with E-state index in [9.17, 15) is 9.18 Å². The van der Waals surface area contributed by atoms with E-state index >= 15 is 0 Å². The highest BCUT2D eigenvalue weighted by molar-refractivity contribution is 6.34. The van der Waals surface area contributed by atoms with Crippen molar-refractivity contribution in [2.24, 2.45) is 0 Å². The summed E-state index contributed by atoms with van der Waals surface area (Å²) in [4.78, 5) is 12.1. The lowest BCUT2D eigenvalue weighted by Crippen LogP contribution is -2.15. The SMILES string of the molecule is CCOc1ccccc1NC(=O)c1c(F)cccc1Cl. The molecule has 0 bridgehead atoms. The van der Waals surface area contributed by atoms with Crippen LogP contribution in [0.1, 0.15) is 17.3 Å². The van der Waals surface area contributed by atoms with Crippen LogP contribution in [-0.4, -0.2) is 12.5 Å². The van der Waals surface area contributed by atoms with Crippen molar-refractivity contribution in [3.8, 4) is 5.75 Å². The van der Waals surface area contributed by atoms with Crippen molar-refractivity contribution in [3.05, 3.63) is 58.9 Å². The fraction of sp³-hybridized carbons (Fsp3) is 0.133. The molecule has 5 heteroatoms. The normalized spacial score (nSPS) is 10.2. The number of benzene rings is 2. The van der Waals surface area contributed by atoms with Gasteiger partial charge in [0.1, 0.15) is 11.6 Å². The number of hydrogen-bond acceptors (Lipinski definition) is 2. The van der Waals surface area contributed by atoms with Crippen LogP contribution in [0.4, 0.5) is 10.1 Å². The van der Waals surface area contributed by atoms with Gasteiger partial charge >= 0.3 is 0 Å². The molecule has 0 saturated carbocycles. The largest absolute Gasteiger partial charge is 0.492 e. The lowest BCUT2D eigenvalue weighted by molar-refractivity contribution is 0.102. The number of para-hydroxylation sites is 2. The van der Waals surface area contributed by atoms with Gasteiger partial charge in [-0.2, -0.15) is 0 Å². The summed E-state index contributed by atoms with van der Waals surface area (Å²) in [5.41, 5.74) is 0.291. The average molecular weight is 294 g/mol. The maximum absolute atomic E-state index is 13.7. The predicted octanol–water partition coefficient (Wildman–Crippen LogP) is 4.13. The van der Waals surface area contributed by atoms with Crippen LogP contribution in [0.15, 0.2) is 42.5 Å². The number of hydrogen-bond donors (Lipinski definition) is 1. The molecule has 0 aliphatic rings. The molecular formula is C15H13ClFNO2. The molecule has 0 spiro atoms. The molecule has 2 rings (SSSR count). The second-order valence-electron chi connectivity index (χ2n) is 3.98. The smallest absolute Gasteiger partial charge is 0.260 e. The minimum absolute atomic E-state index is 0.0661. The second-order valence-corrected chi connectivity index (χ2v) is 4.39. The van der Waals surface area contributed by atoms with E-state index in [0.717, 1.165) is 0 Å². The molecule has 0 fully saturated rings. The molecule has 20 heavy (non-hydrogen) atoms. The lowest BCUT2D eigenvalue weighted by Gasteiger charge is -2.12. The maximum Gasteiger partial charge on any atom is 0.260 e. The predicted molar refractivity (Wildman–Crippen MR) is 77.0 cm³/mol. The van der Waals surface area contributed by atoms with E-state index < -0.39 is 11.7 Å². The number of carbonyl (C=O) groups excluding carboxylic acids is 1. The first-order valence-electron chi connectivity index (χ1n) is 6.10. The molecule has 0 aliphatic heterocycles. The van der Waals surface area contributed by atoms with Crippen LogP contribution in [0.5, 0.6) is 5.75 Å². The van der Waals surface area contributed by atoms with Crippen molar-refractivity contribution in [1.82, 2.24) is 0 Å². The van der Waals surface area contributed by atoms with Crippen molar-refractivity contribution < 1.29 is 13.9 Å². The van der Waals surface area contributed by atoms with E-state index in [-0.39, 0.29) is 10.6 Å². The van der Waals surface area contributed by atoms with Crippen LogP contribution in [0, 0.1) is 5.82 Å². The Morgan fingerprint density at radius 1 is 1.25 bits per heavy atom. The first kappa shape index (κ1) is 14.3. The molecule has 0 saturated heterocycles. The monoisotopic (exact) mass is 293 g/mol. The van der Waals surface area contributed by atoms with Crippen molar-refractivity contribution in [2.45, 2.75) is 6.92 Å². The average Bonchev–Trinajstić information content (AvgIpc) is 2.41. The highest BCUT2D eigenvalue weighted by Crippen LogP contribution is 2.26. The Hall–Kier alpha value is -2.07. The summed E-state index contributed by atoms with van der Waals surface area (Å²) in [6.07, 6.45) is 0. The molecule has 0 aromatic heterocycles. The fourth-order valence-corrected chi connectivity index (χ4v) is 2.00. The Labute approximate surface area is 121 Å². The molecular weight excluding hydrogens is 281 g/mol. The van der Waals surface area contributed by atoms with E-state index in [1.807, 2.05) is 6.92 Å². The van der Waals surface area contributed by atoms with E-state index in [1.54, 1.807) is 24.3 Å². The summed E-state index contributed by atoms with van der Waals surface area (Å²) >= 11 is 5.86. The van der Waals surface area contributed by atoms with Crippen LogP contribution in [0.2, 0.25) is 5.02 Å². The van der Waals surface area contributed by atoms with E-state index in [4.69, 9.17) is 16.3 Å². The van der Waals surface area contributed by atoms with Crippen molar-refractivity contribution in [2.75, 3.05) is 11.9 Å². The molecule has 0 radical (unpaired) electrons. The number of nitrogens with one attached hydrogen (secondary N) is 1. The summed E-state index contributed by atoms with van der Waals surface area (Å²) in [6, 6.07) is 11.0. The highest BCUT2D eigenvalue weighted by Gasteiger charge is 2.17. The number of carbonyl (C=O) groups is 1. The van der Waals surface area contributed by atoms with E-state index in [0.29, 0.717) is 18.0 Å². The maximum atomic E-state index is 13.7. The van der Waals surface area contributed by atoms with Crippen LogP contribution < -0.4 is 10.1 Å². The van der Waals surface area contributed by atoms with Gasteiger partial charge in [-0.25, -0.2) is 4.39 Å². The first-order valence-corrected chi connectivity index (χ1v) is 6.48. The third-order valence-electron chi connectivity index (χ3n) is 2.62. The second kappa shape index (κ2) is 6.39. The Balaban J connectivity index is 2.28. The van der Waals surface area contributed by atoms with Crippen LogP contribution in [0.25, 0.3) is 0 Å². The van der Waals surface area contributed by atoms with E-state index in [2.05, 4.69) is 5.32 Å². The first-order chi connectivity index (χ1) is 9.63. The molecule has 3 nitrogen and oxygen atoms in total. The van der Waals surface area contributed by atoms with Gasteiger partial charge in [-0.05, 0) is 31.2 Å². The number of amides is 1. The number of rotatable bonds is 4. The lowest BCUT2D eigenvalue weighted by atomic mass is 10.2. The molecule has 0 aliphatic carbocycles. The molecule has 0 unspecified atom stereocenters. The Morgan fingerprint density at radius 2 is 2.00 bits per heavy atom. The van der Waals surface area contributed by atoms with Gasteiger partial charge in [-0.15, -0.1) is 0 Å². The van der Waals surface area contributed by atoms with Gasteiger partial charge in [0.15, 0.2) is 0 Å². The summed E-state index contributed by atoms with van der Waals surface area (Å²) in [5, 5.41) is 2.67. The van der Waals surface area contributed by atoms with Crippen LogP contribution in [-0.2, 0) is 0 Å². The minimum Gasteiger partial charge on any atom is -0.492 e. The van der Waals surface area contributed by atoms with Gasteiger partial charge in [0.25, 0.3) is 5.91 Å². The third kappa shape index (κ3) is 3.08. The van der Waals surface area contributed by atoms with Crippen LogP contribution >= 0.6 is 11.6 Å². The van der Waals surface area contributed by atoms with Gasteiger partial charge in [0, 0.05) is 0 Å². The zero-order valence-electron chi connectivity index (χ0n) is 10.8. The fourth-order valence-electron chi connectivity index (χ4n) is 1.75. The quantitative estimate of drug-likeness (QED) is 0.920. The van der Waals surface area contributed by atoms with Crippen molar-refractivity contribution >= 4 is 23.2 Å². The number of anilines is 1. The summed E-state index contributed by atoms with van der Waals surface area (Å²) in [7, 11) is 0. The van der Waals surface area contributed by atoms with E-state index in [1.165, 1.54) is 18.2 Å². The van der Waals surface area contributed by atoms with Gasteiger partial charge in [0.2, 0.25) is 0 Å². The Morgan fingerprint density at radius 3 is 2.70 bits per heavy atom. The molecule has 1 N–H and O–H groups in total. The minimum atomic E-state index is -0.663. The zero-order valence-corrected chi connectivity index (χ0v) is 11.6. The highest BCUT2D eigenvalue weighted by atomic mass is 35.5. The molecule has 104 valence electrons. The zero-order chi connectivity index (χ0) is 14.5. The Bertz CT molecular complexity index is 611. The van der Waals surface area contributed by atoms with Gasteiger partial charge in [-0.3, -0.25) is 4.79 Å². The summed E-state index contributed by atoms with van der Waals surface area (Å²) in [6.45, 7) is 2.31. The van der Waals surface area contributed by atoms with Gasteiger partial charge in [-0.1, -0.05) is 29.8 Å². The third-order valence-corrected chi connectivity index (χ3v) is 2.94. The van der Waals surface area contributed by atoms with Crippen LogP contribution in [0.3, 0.4) is 0 Å².